The van der Waals surface area contributed by atoms with Gasteiger partial charge >= 0.3 is 0 Å². The molecule has 0 aliphatic rings. The van der Waals surface area contributed by atoms with Crippen LogP contribution in [0.4, 0.5) is 0 Å². The van der Waals surface area contributed by atoms with Crippen molar-refractivity contribution in [2.75, 3.05) is 0 Å². The van der Waals surface area contributed by atoms with Gasteiger partial charge in [-0.1, -0.05) is 49.9 Å². The molecule has 1 aromatic rings. The van der Waals surface area contributed by atoms with Gasteiger partial charge in [-0.25, -0.2) is 0 Å². The minimum absolute atomic E-state index is 0.00513. The molecule has 0 aliphatic carbocycles. The Labute approximate surface area is 102 Å². The molecule has 0 unspecified atom stereocenters. The second-order valence-corrected chi connectivity index (χ2v) is 11.3. The third-order valence-electron chi connectivity index (χ3n) is 2.53. The van der Waals surface area contributed by atoms with Crippen LogP contribution in [-0.2, 0) is 5.41 Å². The van der Waals surface area contributed by atoms with Gasteiger partial charge in [0.15, 0.2) is 0 Å². The van der Waals surface area contributed by atoms with Gasteiger partial charge in [-0.3, -0.25) is 0 Å². The summed E-state index contributed by atoms with van der Waals surface area (Å²) in [7, 11) is 0. The van der Waals surface area contributed by atoms with E-state index in [1.54, 1.807) is 5.70 Å². The summed E-state index contributed by atoms with van der Waals surface area (Å²) in [6.07, 6.45) is 0. The quantitative estimate of drug-likeness (QED) is 0.547. The molecule has 3 heteroatoms. The van der Waals surface area contributed by atoms with Crippen LogP contribution in [0, 0.1) is 0 Å². The summed E-state index contributed by atoms with van der Waals surface area (Å²) < 4.78 is 0. The summed E-state index contributed by atoms with van der Waals surface area (Å²) in [5.41, 5.74) is 3.00. The van der Waals surface area contributed by atoms with E-state index in [9.17, 15) is 0 Å². The molecule has 0 amide bonds. The van der Waals surface area contributed by atoms with Gasteiger partial charge in [0.05, 0.1) is 0 Å². The molecule has 0 radical (unpaired) electrons. The number of halogens is 2. The van der Waals surface area contributed by atoms with E-state index < -0.39 is 6.69 Å². The van der Waals surface area contributed by atoms with E-state index >= 15 is 0 Å². The predicted octanol–water partition coefficient (Wildman–Crippen LogP) is 4.61. The lowest BCUT2D eigenvalue weighted by molar-refractivity contribution is 0.585. The summed E-state index contributed by atoms with van der Waals surface area (Å²) >= 11 is 12.5. The zero-order valence-electron chi connectivity index (χ0n) is 9.13. The fraction of sp³-hybridized carbons (Fsp3) is 0.333. The average molecular weight is 259 g/mol. The van der Waals surface area contributed by atoms with Crippen molar-refractivity contribution in [3.63, 3.8) is 0 Å². The first-order chi connectivity index (χ1) is 6.87. The first kappa shape index (κ1) is 12.8. The average Bonchev–Trinajstić information content (AvgIpc) is 2.18. The maximum atomic E-state index is 6.24. The van der Waals surface area contributed by atoms with Crippen LogP contribution in [0.5, 0.6) is 0 Å². The van der Waals surface area contributed by atoms with Crippen LogP contribution in [0.15, 0.2) is 42.6 Å². The van der Waals surface area contributed by atoms with Crippen LogP contribution < -0.4 is 0 Å². The smallest absolute Gasteiger partial charge is 0.140 e. The third kappa shape index (κ3) is 3.67. The van der Waals surface area contributed by atoms with E-state index in [1.165, 1.54) is 5.56 Å². The molecular formula is C12H16Cl2Si. The molecule has 0 bridgehead atoms. The van der Waals surface area contributed by atoms with Gasteiger partial charge in [0.25, 0.3) is 6.69 Å². The summed E-state index contributed by atoms with van der Waals surface area (Å²) in [5.74, 6) is 0. The van der Waals surface area contributed by atoms with Crippen LogP contribution in [0.2, 0.25) is 6.04 Å². The molecule has 0 fully saturated rings. The summed E-state index contributed by atoms with van der Waals surface area (Å²) in [6, 6.07) is 11.1. The first-order valence-electron chi connectivity index (χ1n) is 4.94. The van der Waals surface area contributed by atoms with Crippen molar-refractivity contribution in [1.82, 2.24) is 0 Å². The monoisotopic (exact) mass is 258 g/mol. The molecule has 0 saturated heterocycles. The van der Waals surface area contributed by atoms with Crippen molar-refractivity contribution in [1.29, 1.82) is 0 Å². The maximum Gasteiger partial charge on any atom is 0.274 e. The van der Waals surface area contributed by atoms with Crippen molar-refractivity contribution in [2.24, 2.45) is 0 Å². The Balaban J connectivity index is 2.89. The van der Waals surface area contributed by atoms with Gasteiger partial charge < -0.3 is 0 Å². The molecule has 15 heavy (non-hydrogen) atoms. The van der Waals surface area contributed by atoms with E-state index in [-0.39, 0.29) is 5.41 Å². The van der Waals surface area contributed by atoms with E-state index in [1.807, 2.05) is 18.2 Å². The van der Waals surface area contributed by atoms with Crippen LogP contribution in [-0.4, -0.2) is 6.69 Å². The minimum atomic E-state index is -2.29. The van der Waals surface area contributed by atoms with E-state index in [4.69, 9.17) is 22.2 Å². The van der Waals surface area contributed by atoms with Gasteiger partial charge in [-0.15, -0.1) is 28.7 Å². The lowest BCUT2D eigenvalue weighted by atomic mass is 9.87. The molecule has 0 spiro atoms. The number of hydrogen-bond acceptors (Lipinski definition) is 0. The Morgan fingerprint density at radius 1 is 1.27 bits per heavy atom. The maximum absolute atomic E-state index is 6.24. The van der Waals surface area contributed by atoms with Crippen molar-refractivity contribution in [3.05, 3.63) is 48.2 Å². The van der Waals surface area contributed by atoms with Crippen molar-refractivity contribution in [3.8, 4) is 0 Å². The first-order valence-corrected chi connectivity index (χ1v) is 9.25. The Kier molecular flexibility index (Phi) is 4.04. The third-order valence-corrected chi connectivity index (χ3v) is 6.21. The number of hydrogen-bond donors (Lipinski definition) is 0. The molecule has 0 saturated carbocycles. The van der Waals surface area contributed by atoms with Gasteiger partial charge in [0.1, 0.15) is 0 Å². The molecular weight excluding hydrogens is 243 g/mol. The Hall–Kier alpha value is -0.243. The fourth-order valence-corrected chi connectivity index (χ4v) is 5.18. The Morgan fingerprint density at radius 2 is 1.80 bits per heavy atom. The highest BCUT2D eigenvalue weighted by molar-refractivity contribution is 7.47. The van der Waals surface area contributed by atoms with Crippen LogP contribution >= 0.6 is 22.2 Å². The number of benzene rings is 1. The van der Waals surface area contributed by atoms with Crippen molar-refractivity contribution in [2.45, 2.75) is 25.3 Å². The van der Waals surface area contributed by atoms with Crippen LogP contribution in [0.1, 0.15) is 19.4 Å². The van der Waals surface area contributed by atoms with Gasteiger partial charge in [0.2, 0.25) is 0 Å². The highest BCUT2D eigenvalue weighted by atomic mass is 35.7. The van der Waals surface area contributed by atoms with Crippen molar-refractivity contribution >= 4 is 28.9 Å². The normalized spacial score (nSPS) is 12.5. The molecule has 82 valence electrons. The van der Waals surface area contributed by atoms with Crippen molar-refractivity contribution < 1.29 is 0 Å². The summed E-state index contributed by atoms with van der Waals surface area (Å²) in [6.45, 7) is 5.75. The van der Waals surface area contributed by atoms with Crippen LogP contribution in [0.25, 0.3) is 0 Å². The fourth-order valence-electron chi connectivity index (χ4n) is 1.65. The second kappa shape index (κ2) is 4.73. The molecule has 0 aliphatic heterocycles. The molecule has 0 atom stereocenters. The van der Waals surface area contributed by atoms with E-state index in [2.05, 4.69) is 32.6 Å². The standard InChI is InChI=1S/C12H16Cl2Si/c1-4-15(13,14)10-12(2,3)11-8-6-5-7-9-11/h4-9H,1,10H2,2-3H3. The summed E-state index contributed by atoms with van der Waals surface area (Å²) in [5, 5.41) is 0. The lowest BCUT2D eigenvalue weighted by Crippen LogP contribution is -2.29. The topological polar surface area (TPSA) is 0 Å². The second-order valence-electron chi connectivity index (χ2n) is 4.39. The minimum Gasteiger partial charge on any atom is -0.140 e. The summed E-state index contributed by atoms with van der Waals surface area (Å²) in [4.78, 5) is 0. The highest BCUT2D eigenvalue weighted by Crippen LogP contribution is 2.36. The molecule has 1 aromatic carbocycles. The van der Waals surface area contributed by atoms with Gasteiger partial charge in [-0.05, 0) is 17.0 Å². The predicted molar refractivity (Wildman–Crippen MR) is 71.9 cm³/mol. The van der Waals surface area contributed by atoms with Gasteiger partial charge in [0, 0.05) is 0 Å². The highest BCUT2D eigenvalue weighted by Gasteiger charge is 2.34. The lowest BCUT2D eigenvalue weighted by Gasteiger charge is -2.29. The molecule has 0 aromatic heterocycles. The zero-order valence-corrected chi connectivity index (χ0v) is 11.6. The molecule has 0 N–H and O–H groups in total. The SMILES string of the molecule is C=C[Si](Cl)(Cl)CC(C)(C)c1ccccc1. The largest absolute Gasteiger partial charge is 0.274 e. The van der Waals surface area contributed by atoms with E-state index in [0.29, 0.717) is 0 Å². The Morgan fingerprint density at radius 3 is 2.27 bits per heavy atom. The Bertz CT molecular complexity index is 331. The van der Waals surface area contributed by atoms with E-state index in [0.717, 1.165) is 6.04 Å². The zero-order chi connectivity index (χ0) is 11.5. The van der Waals surface area contributed by atoms with Gasteiger partial charge in [-0.2, -0.15) is 0 Å². The molecule has 1 rings (SSSR count). The van der Waals surface area contributed by atoms with Crippen LogP contribution in [0.3, 0.4) is 0 Å². The molecule has 0 nitrogen and oxygen atoms in total. The molecule has 0 heterocycles. The number of rotatable bonds is 4.